The summed E-state index contributed by atoms with van der Waals surface area (Å²) >= 11 is 0. The molecular formula is C9H16O3. The van der Waals surface area contributed by atoms with Gasteiger partial charge in [0.25, 0.3) is 0 Å². The summed E-state index contributed by atoms with van der Waals surface area (Å²) < 4.78 is 5.55. The van der Waals surface area contributed by atoms with E-state index in [4.69, 9.17) is 9.84 Å². The summed E-state index contributed by atoms with van der Waals surface area (Å²) in [6.07, 6.45) is 4.83. The molecule has 0 aliphatic carbocycles. The Morgan fingerprint density at radius 2 is 2.33 bits per heavy atom. The second-order valence-corrected chi connectivity index (χ2v) is 3.43. The van der Waals surface area contributed by atoms with Crippen LogP contribution in [0.15, 0.2) is 0 Å². The Morgan fingerprint density at radius 1 is 1.58 bits per heavy atom. The highest BCUT2D eigenvalue weighted by Crippen LogP contribution is 2.22. The molecule has 0 aromatic carbocycles. The van der Waals surface area contributed by atoms with Crippen molar-refractivity contribution in [2.45, 2.75) is 51.2 Å². The van der Waals surface area contributed by atoms with Gasteiger partial charge in [0.05, 0.1) is 12.2 Å². The maximum atomic E-state index is 10.2. The van der Waals surface area contributed by atoms with Crippen LogP contribution in [0.3, 0.4) is 0 Å². The smallest absolute Gasteiger partial charge is 0.303 e. The third-order valence-corrected chi connectivity index (χ3v) is 2.24. The van der Waals surface area contributed by atoms with Crippen molar-refractivity contribution < 1.29 is 14.6 Å². The highest BCUT2D eigenvalue weighted by atomic mass is 16.5. The summed E-state index contributed by atoms with van der Waals surface area (Å²) in [5, 5.41) is 8.40. The molecule has 12 heavy (non-hydrogen) atoms. The van der Waals surface area contributed by atoms with Crippen molar-refractivity contribution in [3.05, 3.63) is 0 Å². The zero-order chi connectivity index (χ0) is 8.97. The van der Waals surface area contributed by atoms with E-state index in [0.717, 1.165) is 25.7 Å². The van der Waals surface area contributed by atoms with Gasteiger partial charge >= 0.3 is 5.97 Å². The molecule has 70 valence electrons. The van der Waals surface area contributed by atoms with Crippen LogP contribution in [-0.4, -0.2) is 23.3 Å². The molecule has 1 saturated heterocycles. The van der Waals surface area contributed by atoms with E-state index in [1.54, 1.807) is 0 Å². The van der Waals surface area contributed by atoms with Gasteiger partial charge in [0.2, 0.25) is 0 Å². The maximum Gasteiger partial charge on any atom is 0.303 e. The van der Waals surface area contributed by atoms with E-state index in [0.29, 0.717) is 12.2 Å². The molecule has 1 fully saturated rings. The average molecular weight is 172 g/mol. The van der Waals surface area contributed by atoms with E-state index in [2.05, 4.69) is 6.92 Å². The SMILES string of the molecule is CC1CCC(CCCC(=O)O)O1. The largest absolute Gasteiger partial charge is 0.481 e. The van der Waals surface area contributed by atoms with Crippen molar-refractivity contribution in [1.29, 1.82) is 0 Å². The third kappa shape index (κ3) is 3.22. The Labute approximate surface area is 72.7 Å². The van der Waals surface area contributed by atoms with Crippen molar-refractivity contribution in [3.8, 4) is 0 Å². The molecule has 0 saturated carbocycles. The minimum absolute atomic E-state index is 0.272. The number of hydrogen-bond acceptors (Lipinski definition) is 2. The molecule has 1 aliphatic rings. The van der Waals surface area contributed by atoms with Crippen LogP contribution in [0.25, 0.3) is 0 Å². The van der Waals surface area contributed by atoms with Crippen LogP contribution < -0.4 is 0 Å². The van der Waals surface area contributed by atoms with Crippen molar-refractivity contribution in [1.82, 2.24) is 0 Å². The van der Waals surface area contributed by atoms with Gasteiger partial charge < -0.3 is 9.84 Å². The van der Waals surface area contributed by atoms with Crippen LogP contribution >= 0.6 is 0 Å². The number of carboxylic acid groups (broad SMARTS) is 1. The predicted octanol–water partition coefficient (Wildman–Crippen LogP) is 1.81. The quantitative estimate of drug-likeness (QED) is 0.703. The molecule has 0 bridgehead atoms. The first-order valence-corrected chi connectivity index (χ1v) is 4.55. The monoisotopic (exact) mass is 172 g/mol. The molecule has 2 atom stereocenters. The summed E-state index contributed by atoms with van der Waals surface area (Å²) in [7, 11) is 0. The van der Waals surface area contributed by atoms with Crippen molar-refractivity contribution >= 4 is 5.97 Å². The Hall–Kier alpha value is -0.570. The van der Waals surface area contributed by atoms with Gasteiger partial charge in [-0.3, -0.25) is 4.79 Å². The van der Waals surface area contributed by atoms with E-state index >= 15 is 0 Å². The molecule has 0 aromatic heterocycles. The normalized spacial score (nSPS) is 29.1. The van der Waals surface area contributed by atoms with Crippen LogP contribution in [-0.2, 0) is 9.53 Å². The summed E-state index contributed by atoms with van der Waals surface area (Å²) in [6, 6.07) is 0. The van der Waals surface area contributed by atoms with Crippen LogP contribution in [0.1, 0.15) is 39.0 Å². The molecule has 0 amide bonds. The fourth-order valence-corrected chi connectivity index (χ4v) is 1.58. The van der Waals surface area contributed by atoms with Crippen LogP contribution in [0, 0.1) is 0 Å². The number of aliphatic carboxylic acids is 1. The first kappa shape index (κ1) is 9.52. The van der Waals surface area contributed by atoms with E-state index in [1.807, 2.05) is 0 Å². The predicted molar refractivity (Wildman–Crippen MR) is 45.1 cm³/mol. The van der Waals surface area contributed by atoms with Gasteiger partial charge in [-0.2, -0.15) is 0 Å². The minimum Gasteiger partial charge on any atom is -0.481 e. The molecule has 2 unspecified atom stereocenters. The van der Waals surface area contributed by atoms with Gasteiger partial charge in [-0.25, -0.2) is 0 Å². The zero-order valence-electron chi connectivity index (χ0n) is 7.45. The van der Waals surface area contributed by atoms with Gasteiger partial charge in [0.15, 0.2) is 0 Å². The number of ether oxygens (including phenoxy) is 1. The molecule has 3 nitrogen and oxygen atoms in total. The molecule has 0 spiro atoms. The first-order valence-electron chi connectivity index (χ1n) is 4.55. The molecule has 1 aliphatic heterocycles. The summed E-state index contributed by atoms with van der Waals surface area (Å²) in [6.45, 7) is 2.07. The van der Waals surface area contributed by atoms with E-state index < -0.39 is 5.97 Å². The Morgan fingerprint density at radius 3 is 2.83 bits per heavy atom. The lowest BCUT2D eigenvalue weighted by Crippen LogP contribution is -2.08. The number of carboxylic acids is 1. The lowest BCUT2D eigenvalue weighted by molar-refractivity contribution is -0.137. The van der Waals surface area contributed by atoms with Crippen LogP contribution in [0.4, 0.5) is 0 Å². The lowest BCUT2D eigenvalue weighted by Gasteiger charge is -2.09. The minimum atomic E-state index is -0.707. The Bertz CT molecular complexity index is 156. The first-order chi connectivity index (χ1) is 5.68. The van der Waals surface area contributed by atoms with Gasteiger partial charge in [0.1, 0.15) is 0 Å². The van der Waals surface area contributed by atoms with Gasteiger partial charge in [0, 0.05) is 6.42 Å². The molecular weight excluding hydrogens is 156 g/mol. The fraction of sp³-hybridized carbons (Fsp3) is 0.889. The number of carbonyl (C=O) groups is 1. The van der Waals surface area contributed by atoms with Gasteiger partial charge in [-0.15, -0.1) is 0 Å². The number of hydrogen-bond donors (Lipinski definition) is 1. The topological polar surface area (TPSA) is 46.5 Å². The van der Waals surface area contributed by atoms with Gasteiger partial charge in [-0.1, -0.05) is 0 Å². The summed E-state index contributed by atoms with van der Waals surface area (Å²) in [4.78, 5) is 10.2. The summed E-state index contributed by atoms with van der Waals surface area (Å²) in [5.41, 5.74) is 0. The zero-order valence-corrected chi connectivity index (χ0v) is 7.45. The van der Waals surface area contributed by atoms with Crippen molar-refractivity contribution in [2.75, 3.05) is 0 Å². The van der Waals surface area contributed by atoms with E-state index in [9.17, 15) is 4.79 Å². The lowest BCUT2D eigenvalue weighted by atomic mass is 10.1. The van der Waals surface area contributed by atoms with Crippen molar-refractivity contribution in [2.24, 2.45) is 0 Å². The highest BCUT2D eigenvalue weighted by molar-refractivity contribution is 5.66. The Balaban J connectivity index is 2.04. The Kier molecular flexibility index (Phi) is 3.53. The fourth-order valence-electron chi connectivity index (χ4n) is 1.58. The highest BCUT2D eigenvalue weighted by Gasteiger charge is 2.21. The molecule has 1 heterocycles. The van der Waals surface area contributed by atoms with Crippen LogP contribution in [0.5, 0.6) is 0 Å². The molecule has 3 heteroatoms. The second kappa shape index (κ2) is 4.45. The van der Waals surface area contributed by atoms with Crippen molar-refractivity contribution in [3.63, 3.8) is 0 Å². The van der Waals surface area contributed by atoms with Crippen LogP contribution in [0.2, 0.25) is 0 Å². The van der Waals surface area contributed by atoms with E-state index in [-0.39, 0.29) is 6.42 Å². The number of rotatable bonds is 4. The summed E-state index contributed by atoms with van der Waals surface area (Å²) in [5.74, 6) is -0.707. The van der Waals surface area contributed by atoms with Gasteiger partial charge in [-0.05, 0) is 32.6 Å². The second-order valence-electron chi connectivity index (χ2n) is 3.43. The molecule has 0 aromatic rings. The maximum absolute atomic E-state index is 10.2. The van der Waals surface area contributed by atoms with E-state index in [1.165, 1.54) is 0 Å². The standard InChI is InChI=1S/C9H16O3/c1-7-5-6-8(12-7)3-2-4-9(10)11/h7-8H,2-6H2,1H3,(H,10,11). The molecule has 1 rings (SSSR count). The molecule has 0 radical (unpaired) electrons. The third-order valence-electron chi connectivity index (χ3n) is 2.24. The average Bonchev–Trinajstić information content (AvgIpc) is 2.35. The molecule has 1 N–H and O–H groups in total.